The van der Waals surface area contributed by atoms with Crippen LogP contribution in [0.4, 0.5) is 5.82 Å². The van der Waals surface area contributed by atoms with E-state index < -0.39 is 11.6 Å². The highest BCUT2D eigenvalue weighted by atomic mass is 16.5. The van der Waals surface area contributed by atoms with Crippen molar-refractivity contribution in [3.63, 3.8) is 0 Å². The van der Waals surface area contributed by atoms with E-state index in [1.54, 1.807) is 6.92 Å². The molecular formula is C25H31N3O3. The van der Waals surface area contributed by atoms with E-state index in [0.717, 1.165) is 42.4 Å². The number of aryl methyl sites for hydroxylation is 1. The maximum Gasteiger partial charge on any atom is 0.306 e. The number of nitrogen functional groups attached to an aromatic ring is 1. The van der Waals surface area contributed by atoms with Crippen LogP contribution >= 0.6 is 0 Å². The quantitative estimate of drug-likeness (QED) is 0.715. The molecule has 6 nitrogen and oxygen atoms in total. The number of aliphatic carboxylic acids is 1. The van der Waals surface area contributed by atoms with E-state index in [9.17, 15) is 9.90 Å². The fourth-order valence-corrected chi connectivity index (χ4v) is 4.92. The number of rotatable bonds is 4. The lowest BCUT2D eigenvalue weighted by Gasteiger charge is -2.34. The number of fused-ring (bicyclic) bond motifs is 1. The van der Waals surface area contributed by atoms with Gasteiger partial charge in [-0.25, -0.2) is 4.98 Å². The Morgan fingerprint density at radius 2 is 1.81 bits per heavy atom. The lowest BCUT2D eigenvalue weighted by atomic mass is 9.74. The highest BCUT2D eigenvalue weighted by molar-refractivity contribution is 5.91. The molecule has 0 bridgehead atoms. The first kappa shape index (κ1) is 21.3. The van der Waals surface area contributed by atoms with E-state index in [1.165, 1.54) is 5.56 Å². The van der Waals surface area contributed by atoms with E-state index in [0.29, 0.717) is 23.4 Å². The molecule has 2 heterocycles. The van der Waals surface area contributed by atoms with Crippen molar-refractivity contribution in [2.24, 2.45) is 11.8 Å². The van der Waals surface area contributed by atoms with E-state index >= 15 is 0 Å². The number of nitrogens with zero attached hydrogens (tertiary/aromatic N) is 2. The summed E-state index contributed by atoms with van der Waals surface area (Å²) < 4.78 is 6.20. The van der Waals surface area contributed by atoms with Crippen molar-refractivity contribution in [3.8, 4) is 5.88 Å². The third-order valence-corrected chi connectivity index (χ3v) is 6.90. The Kier molecular flexibility index (Phi) is 5.50. The molecule has 0 amide bonds. The summed E-state index contributed by atoms with van der Waals surface area (Å²) in [5.74, 6) is 1.40. The number of carbonyl (C=O) groups is 1. The van der Waals surface area contributed by atoms with Gasteiger partial charge >= 0.3 is 5.97 Å². The van der Waals surface area contributed by atoms with Gasteiger partial charge in [-0.2, -0.15) is 4.98 Å². The van der Waals surface area contributed by atoms with Crippen molar-refractivity contribution in [1.29, 1.82) is 0 Å². The molecule has 1 aliphatic carbocycles. The highest BCUT2D eigenvalue weighted by Crippen LogP contribution is 2.42. The third kappa shape index (κ3) is 4.16. The SMILES string of the molecule is Cc1nc(N)c2c(n1)OC(C)(C)C(c1ccc(C3CCC(C(C)C(=O)O)CC3)cc1)=C2. The van der Waals surface area contributed by atoms with Gasteiger partial charge in [0, 0.05) is 5.57 Å². The summed E-state index contributed by atoms with van der Waals surface area (Å²) in [4.78, 5) is 20.0. The average Bonchev–Trinajstić information content (AvgIpc) is 2.72. The molecule has 1 atom stereocenters. The van der Waals surface area contributed by atoms with Crippen LogP contribution in [0, 0.1) is 18.8 Å². The Bertz CT molecular complexity index is 1020. The molecule has 31 heavy (non-hydrogen) atoms. The van der Waals surface area contributed by atoms with Crippen molar-refractivity contribution < 1.29 is 14.6 Å². The smallest absolute Gasteiger partial charge is 0.306 e. The number of aromatic nitrogens is 2. The molecule has 164 valence electrons. The largest absolute Gasteiger partial charge is 0.481 e. The molecule has 1 aromatic carbocycles. The standard InChI is InChI=1S/C25H31N3O3/c1-14(24(29)30)16-5-7-17(8-6-16)18-9-11-19(12-10-18)21-13-20-22(26)27-15(2)28-23(20)31-25(21,3)4/h9-14,16-17H,5-8H2,1-4H3,(H,29,30)(H2,26,27,28). The molecule has 0 saturated heterocycles. The minimum atomic E-state index is -0.679. The van der Waals surface area contributed by atoms with Gasteiger partial charge in [0.25, 0.3) is 0 Å². The van der Waals surface area contributed by atoms with Crippen molar-refractivity contribution in [3.05, 3.63) is 46.8 Å². The van der Waals surface area contributed by atoms with Gasteiger partial charge in [0.2, 0.25) is 5.88 Å². The molecule has 1 unspecified atom stereocenters. The predicted molar refractivity (Wildman–Crippen MR) is 122 cm³/mol. The zero-order valence-corrected chi connectivity index (χ0v) is 18.7. The number of hydrogen-bond donors (Lipinski definition) is 2. The summed E-state index contributed by atoms with van der Waals surface area (Å²) in [5.41, 5.74) is 9.78. The molecule has 6 heteroatoms. The number of carboxylic acid groups (broad SMARTS) is 1. The van der Waals surface area contributed by atoms with Crippen LogP contribution in [0.25, 0.3) is 11.6 Å². The van der Waals surface area contributed by atoms with Gasteiger partial charge < -0.3 is 15.6 Å². The third-order valence-electron chi connectivity index (χ3n) is 6.90. The Hall–Kier alpha value is -2.89. The molecule has 3 N–H and O–H groups in total. The number of nitrogens with two attached hydrogens (primary N) is 1. The normalized spacial score (nSPS) is 23.3. The summed E-state index contributed by atoms with van der Waals surface area (Å²) in [7, 11) is 0. The van der Waals surface area contributed by atoms with Crippen LogP contribution in [0.15, 0.2) is 24.3 Å². The molecule has 2 aliphatic rings. The molecule has 4 rings (SSSR count). The summed E-state index contributed by atoms with van der Waals surface area (Å²) in [6.45, 7) is 7.71. The van der Waals surface area contributed by atoms with Crippen LogP contribution in [0.5, 0.6) is 5.88 Å². The second kappa shape index (κ2) is 7.98. The van der Waals surface area contributed by atoms with Crippen molar-refractivity contribution >= 4 is 23.4 Å². The van der Waals surface area contributed by atoms with Crippen molar-refractivity contribution in [2.45, 2.75) is 64.9 Å². The first-order valence-corrected chi connectivity index (χ1v) is 11.0. The summed E-state index contributed by atoms with van der Waals surface area (Å²) in [6, 6.07) is 8.69. The number of anilines is 1. The van der Waals surface area contributed by atoms with Gasteiger partial charge in [-0.3, -0.25) is 4.79 Å². The van der Waals surface area contributed by atoms with Crippen LogP contribution < -0.4 is 10.5 Å². The predicted octanol–water partition coefficient (Wildman–Crippen LogP) is 5.07. The minimum absolute atomic E-state index is 0.258. The Morgan fingerprint density at radius 3 is 2.42 bits per heavy atom. The zero-order valence-electron chi connectivity index (χ0n) is 18.7. The lowest BCUT2D eigenvalue weighted by molar-refractivity contribution is -0.143. The molecule has 1 saturated carbocycles. The monoisotopic (exact) mass is 421 g/mol. The second-order valence-corrected chi connectivity index (χ2v) is 9.41. The minimum Gasteiger partial charge on any atom is -0.481 e. The second-order valence-electron chi connectivity index (χ2n) is 9.41. The van der Waals surface area contributed by atoms with Gasteiger partial charge in [0.05, 0.1) is 11.5 Å². The highest BCUT2D eigenvalue weighted by Gasteiger charge is 2.34. The maximum absolute atomic E-state index is 11.3. The average molecular weight is 422 g/mol. The summed E-state index contributed by atoms with van der Waals surface area (Å²) >= 11 is 0. The Morgan fingerprint density at radius 1 is 1.16 bits per heavy atom. The van der Waals surface area contributed by atoms with Gasteiger partial charge in [-0.05, 0) is 75.5 Å². The first-order valence-electron chi connectivity index (χ1n) is 11.0. The van der Waals surface area contributed by atoms with Crippen LogP contribution in [0.3, 0.4) is 0 Å². The van der Waals surface area contributed by atoms with Gasteiger partial charge in [-0.15, -0.1) is 0 Å². The van der Waals surface area contributed by atoms with Crippen molar-refractivity contribution in [2.75, 3.05) is 5.73 Å². The topological polar surface area (TPSA) is 98.3 Å². The maximum atomic E-state index is 11.3. The fraction of sp³-hybridized carbons (Fsp3) is 0.480. The molecule has 0 radical (unpaired) electrons. The fourth-order valence-electron chi connectivity index (χ4n) is 4.92. The number of ether oxygens (including phenoxy) is 1. The van der Waals surface area contributed by atoms with Gasteiger partial charge in [0.15, 0.2) is 0 Å². The van der Waals surface area contributed by atoms with Crippen LogP contribution in [0.2, 0.25) is 0 Å². The van der Waals surface area contributed by atoms with E-state index in [-0.39, 0.29) is 11.8 Å². The number of hydrogen-bond acceptors (Lipinski definition) is 5. The van der Waals surface area contributed by atoms with Gasteiger partial charge in [-0.1, -0.05) is 31.2 Å². The number of benzene rings is 1. The van der Waals surface area contributed by atoms with E-state index in [1.807, 2.05) is 26.8 Å². The summed E-state index contributed by atoms with van der Waals surface area (Å²) in [5, 5.41) is 9.27. The molecule has 0 spiro atoms. The van der Waals surface area contributed by atoms with Crippen molar-refractivity contribution in [1.82, 2.24) is 9.97 Å². The van der Waals surface area contributed by atoms with Crippen LogP contribution in [-0.2, 0) is 4.79 Å². The Labute approximate surface area is 183 Å². The molecule has 2 aromatic rings. The number of carboxylic acids is 1. The molecule has 1 aliphatic heterocycles. The van der Waals surface area contributed by atoms with E-state index in [2.05, 4.69) is 34.2 Å². The van der Waals surface area contributed by atoms with E-state index in [4.69, 9.17) is 10.5 Å². The Balaban J connectivity index is 1.54. The summed E-state index contributed by atoms with van der Waals surface area (Å²) in [6.07, 6.45) is 6.07. The van der Waals surface area contributed by atoms with Crippen LogP contribution in [-0.4, -0.2) is 26.6 Å². The molecule has 1 fully saturated rings. The molecule has 1 aromatic heterocycles. The van der Waals surface area contributed by atoms with Crippen LogP contribution in [0.1, 0.15) is 74.9 Å². The zero-order chi connectivity index (χ0) is 22.3. The van der Waals surface area contributed by atoms with Gasteiger partial charge in [0.1, 0.15) is 17.2 Å². The first-order chi connectivity index (χ1) is 14.7. The lowest BCUT2D eigenvalue weighted by Crippen LogP contribution is -2.33. The molecular weight excluding hydrogens is 390 g/mol.